The molecule has 0 aliphatic rings. The fraction of sp³-hybridized carbons (Fsp3) is 0.227. The number of hydrogen-bond donors (Lipinski definition) is 1. The molecule has 0 spiro atoms. The summed E-state index contributed by atoms with van der Waals surface area (Å²) >= 11 is 1.10. The quantitative estimate of drug-likeness (QED) is 0.493. The molecule has 0 saturated carbocycles. The molecule has 2 aromatic carbocycles. The summed E-state index contributed by atoms with van der Waals surface area (Å²) in [7, 11) is -3.96. The Bertz CT molecular complexity index is 1170. The van der Waals surface area contributed by atoms with E-state index in [1.165, 1.54) is 4.31 Å². The Morgan fingerprint density at radius 2 is 1.73 bits per heavy atom. The van der Waals surface area contributed by atoms with Gasteiger partial charge in [0.2, 0.25) is 5.06 Å². The first-order valence-electron chi connectivity index (χ1n) is 9.33. The van der Waals surface area contributed by atoms with Crippen molar-refractivity contribution in [2.75, 3.05) is 4.31 Å². The van der Waals surface area contributed by atoms with Crippen molar-refractivity contribution < 1.29 is 23.1 Å². The Hall–Kier alpha value is -2.84. The van der Waals surface area contributed by atoms with Crippen molar-refractivity contribution >= 4 is 33.2 Å². The predicted octanol–water partition coefficient (Wildman–Crippen LogP) is 5.69. The van der Waals surface area contributed by atoms with Gasteiger partial charge < -0.3 is 9.84 Å². The summed E-state index contributed by atoms with van der Waals surface area (Å²) in [6, 6.07) is 15.7. The summed E-state index contributed by atoms with van der Waals surface area (Å²) in [5.74, 6) is 0. The maximum atomic E-state index is 13.6. The Morgan fingerprint density at radius 3 is 2.30 bits per heavy atom. The van der Waals surface area contributed by atoms with Crippen LogP contribution in [-0.4, -0.2) is 25.7 Å². The Balaban J connectivity index is 2.20. The fourth-order valence-corrected chi connectivity index (χ4v) is 6.22. The molecule has 30 heavy (non-hydrogen) atoms. The van der Waals surface area contributed by atoms with Gasteiger partial charge in [-0.1, -0.05) is 59.4 Å². The molecule has 8 heteroatoms. The molecule has 1 heterocycles. The van der Waals surface area contributed by atoms with Crippen LogP contribution in [0.15, 0.2) is 59.5 Å². The molecule has 0 unspecified atom stereocenters. The highest BCUT2D eigenvalue weighted by molar-refractivity contribution is 7.93. The lowest BCUT2D eigenvalue weighted by Crippen LogP contribution is -2.37. The van der Waals surface area contributed by atoms with Gasteiger partial charge in [0.25, 0.3) is 10.0 Å². The number of carbonyl (C=O) groups is 1. The monoisotopic (exact) mass is 445 g/mol. The summed E-state index contributed by atoms with van der Waals surface area (Å²) in [5, 5.41) is 9.22. The van der Waals surface area contributed by atoms with Gasteiger partial charge >= 0.3 is 6.16 Å². The van der Waals surface area contributed by atoms with Crippen molar-refractivity contribution in [2.45, 2.75) is 38.6 Å². The molecule has 1 aromatic heterocycles. The molecule has 0 atom stereocenters. The Labute approximate surface area is 180 Å². The molecule has 158 valence electrons. The Morgan fingerprint density at radius 1 is 1.07 bits per heavy atom. The Kier molecular flexibility index (Phi) is 6.19. The molecule has 6 nitrogen and oxygen atoms in total. The first-order chi connectivity index (χ1) is 14.1. The molecular weight excluding hydrogens is 422 g/mol. The third-order valence-corrected chi connectivity index (χ3v) is 7.69. The smallest absolute Gasteiger partial charge is 0.449 e. The SMILES string of the molecule is Cc1ccc(S(=O)(=O)N(c2cc(-c3ccccc3)sc2OC(=O)O)C(C)C)c(C)c1. The number of aryl methyl sites for hydroxylation is 2. The molecule has 0 aliphatic carbocycles. The minimum Gasteiger partial charge on any atom is -0.449 e. The van der Waals surface area contributed by atoms with E-state index in [-0.39, 0.29) is 15.6 Å². The number of thiophene rings is 1. The molecule has 0 bridgehead atoms. The second-order valence-electron chi connectivity index (χ2n) is 7.18. The van der Waals surface area contributed by atoms with Crippen LogP contribution in [0.5, 0.6) is 5.06 Å². The number of nitrogens with zero attached hydrogens (tertiary/aromatic N) is 1. The molecule has 0 amide bonds. The average Bonchev–Trinajstić information content (AvgIpc) is 3.04. The number of hydrogen-bond acceptors (Lipinski definition) is 5. The normalized spacial score (nSPS) is 11.5. The van der Waals surface area contributed by atoms with Crippen LogP contribution < -0.4 is 9.04 Å². The van der Waals surface area contributed by atoms with E-state index in [2.05, 4.69) is 0 Å². The van der Waals surface area contributed by atoms with E-state index < -0.39 is 22.2 Å². The molecule has 3 rings (SSSR count). The highest BCUT2D eigenvalue weighted by atomic mass is 32.2. The maximum absolute atomic E-state index is 13.6. The van der Waals surface area contributed by atoms with Crippen molar-refractivity contribution in [2.24, 2.45) is 0 Å². The zero-order valence-corrected chi connectivity index (χ0v) is 18.8. The van der Waals surface area contributed by atoms with Crippen LogP contribution in [0.1, 0.15) is 25.0 Å². The highest BCUT2D eigenvalue weighted by Crippen LogP contribution is 2.45. The van der Waals surface area contributed by atoms with Gasteiger partial charge in [-0.3, -0.25) is 4.31 Å². The molecule has 0 fully saturated rings. The van der Waals surface area contributed by atoms with E-state index in [1.807, 2.05) is 43.3 Å². The number of ether oxygens (including phenoxy) is 1. The second-order valence-corrected chi connectivity index (χ2v) is 9.98. The lowest BCUT2D eigenvalue weighted by Gasteiger charge is -2.28. The lowest BCUT2D eigenvalue weighted by atomic mass is 10.2. The number of anilines is 1. The van der Waals surface area contributed by atoms with Gasteiger partial charge in [-0.05, 0) is 51.0 Å². The van der Waals surface area contributed by atoms with Crippen molar-refractivity contribution in [1.29, 1.82) is 0 Å². The van der Waals surface area contributed by atoms with Gasteiger partial charge in [-0.15, -0.1) is 0 Å². The number of benzene rings is 2. The van der Waals surface area contributed by atoms with E-state index in [1.54, 1.807) is 39.0 Å². The van der Waals surface area contributed by atoms with Crippen molar-refractivity contribution in [1.82, 2.24) is 0 Å². The van der Waals surface area contributed by atoms with Gasteiger partial charge in [0.05, 0.1) is 4.90 Å². The zero-order chi connectivity index (χ0) is 22.1. The minimum absolute atomic E-state index is 0.0170. The van der Waals surface area contributed by atoms with Crippen LogP contribution in [0, 0.1) is 13.8 Å². The van der Waals surface area contributed by atoms with E-state index in [0.29, 0.717) is 10.4 Å². The number of rotatable bonds is 6. The molecule has 1 N–H and O–H groups in total. The molecular formula is C22H23NO5S2. The van der Waals surface area contributed by atoms with Gasteiger partial charge in [-0.2, -0.15) is 0 Å². The van der Waals surface area contributed by atoms with Crippen molar-refractivity contribution in [3.63, 3.8) is 0 Å². The van der Waals surface area contributed by atoms with Crippen LogP contribution in [-0.2, 0) is 10.0 Å². The van der Waals surface area contributed by atoms with Crippen molar-refractivity contribution in [3.8, 4) is 15.5 Å². The summed E-state index contributed by atoms with van der Waals surface area (Å²) < 4.78 is 33.5. The minimum atomic E-state index is -3.96. The first-order valence-corrected chi connectivity index (χ1v) is 11.6. The lowest BCUT2D eigenvalue weighted by molar-refractivity contribution is 0.146. The average molecular weight is 446 g/mol. The van der Waals surface area contributed by atoms with Crippen LogP contribution in [0.3, 0.4) is 0 Å². The van der Waals surface area contributed by atoms with Gasteiger partial charge in [0, 0.05) is 10.9 Å². The van der Waals surface area contributed by atoms with Gasteiger partial charge in [0.1, 0.15) is 5.69 Å². The van der Waals surface area contributed by atoms with E-state index >= 15 is 0 Å². The fourth-order valence-electron chi connectivity index (χ4n) is 3.30. The standard InChI is InChI=1S/C22H23NO5S2/c1-14(2)23(30(26,27)20-11-10-15(3)12-16(20)4)18-13-19(17-8-6-5-7-9-17)29-21(18)28-22(24)25/h5-14H,1-4H3,(H,24,25). The maximum Gasteiger partial charge on any atom is 0.512 e. The molecule has 0 aliphatic heterocycles. The predicted molar refractivity (Wildman–Crippen MR) is 119 cm³/mol. The third kappa shape index (κ3) is 4.34. The van der Waals surface area contributed by atoms with Crippen molar-refractivity contribution in [3.05, 3.63) is 65.7 Å². The summed E-state index contributed by atoms with van der Waals surface area (Å²) in [6.45, 7) is 7.13. The zero-order valence-electron chi connectivity index (χ0n) is 17.1. The summed E-state index contributed by atoms with van der Waals surface area (Å²) in [4.78, 5) is 12.2. The van der Waals surface area contributed by atoms with Gasteiger partial charge in [-0.25, -0.2) is 13.2 Å². The summed E-state index contributed by atoms with van der Waals surface area (Å²) in [5.41, 5.74) is 2.63. The molecule has 0 saturated heterocycles. The van der Waals surface area contributed by atoms with Crippen LogP contribution in [0.2, 0.25) is 0 Å². The first kappa shape index (κ1) is 21.9. The van der Waals surface area contributed by atoms with Crippen LogP contribution in [0.4, 0.5) is 10.5 Å². The van der Waals surface area contributed by atoms with Crippen LogP contribution >= 0.6 is 11.3 Å². The summed E-state index contributed by atoms with van der Waals surface area (Å²) in [6.07, 6.45) is -1.50. The second kappa shape index (κ2) is 8.49. The van der Waals surface area contributed by atoms with Crippen LogP contribution in [0.25, 0.3) is 10.4 Å². The third-order valence-electron chi connectivity index (χ3n) is 4.49. The van der Waals surface area contributed by atoms with E-state index in [0.717, 1.165) is 22.5 Å². The number of sulfonamides is 1. The van der Waals surface area contributed by atoms with E-state index in [9.17, 15) is 18.3 Å². The molecule has 0 radical (unpaired) electrons. The van der Waals surface area contributed by atoms with E-state index in [4.69, 9.17) is 4.74 Å². The number of carboxylic acid groups (broad SMARTS) is 1. The highest BCUT2D eigenvalue weighted by Gasteiger charge is 2.33. The largest absolute Gasteiger partial charge is 0.512 e. The van der Waals surface area contributed by atoms with Gasteiger partial charge in [0.15, 0.2) is 0 Å². The topological polar surface area (TPSA) is 83.9 Å². The molecule has 3 aromatic rings.